The highest BCUT2D eigenvalue weighted by atomic mass is 16.5. The van der Waals surface area contributed by atoms with Crippen molar-refractivity contribution >= 4 is 5.91 Å². The fraction of sp³-hybridized carbons (Fsp3) is 0.562. The SMILES string of the molecule is CC(C(=O)N(C)C1CCOCC1)C(N)c1ccccc1. The minimum absolute atomic E-state index is 0.119. The van der Waals surface area contributed by atoms with E-state index in [-0.39, 0.29) is 23.9 Å². The Morgan fingerprint density at radius 1 is 1.30 bits per heavy atom. The molecule has 1 saturated heterocycles. The molecule has 2 N–H and O–H groups in total. The average Bonchev–Trinajstić information content (AvgIpc) is 2.53. The maximum atomic E-state index is 12.6. The summed E-state index contributed by atoms with van der Waals surface area (Å²) in [5.41, 5.74) is 7.24. The summed E-state index contributed by atoms with van der Waals surface area (Å²) < 4.78 is 5.34. The number of hydrogen-bond donors (Lipinski definition) is 1. The average molecular weight is 276 g/mol. The molecule has 0 aromatic heterocycles. The first kappa shape index (κ1) is 15.0. The lowest BCUT2D eigenvalue weighted by Crippen LogP contribution is -2.45. The summed E-state index contributed by atoms with van der Waals surface area (Å²) in [6, 6.07) is 9.83. The van der Waals surface area contributed by atoms with Crippen LogP contribution in [-0.2, 0) is 9.53 Å². The van der Waals surface area contributed by atoms with Gasteiger partial charge in [-0.25, -0.2) is 0 Å². The van der Waals surface area contributed by atoms with E-state index in [1.165, 1.54) is 0 Å². The van der Waals surface area contributed by atoms with E-state index in [9.17, 15) is 4.79 Å². The van der Waals surface area contributed by atoms with Crippen molar-refractivity contribution in [2.75, 3.05) is 20.3 Å². The van der Waals surface area contributed by atoms with Gasteiger partial charge in [-0.15, -0.1) is 0 Å². The van der Waals surface area contributed by atoms with Crippen LogP contribution < -0.4 is 5.73 Å². The molecule has 110 valence electrons. The van der Waals surface area contributed by atoms with Gasteiger partial charge in [0, 0.05) is 32.3 Å². The third-order valence-electron chi connectivity index (χ3n) is 4.20. The van der Waals surface area contributed by atoms with Gasteiger partial charge in [-0.05, 0) is 18.4 Å². The maximum absolute atomic E-state index is 12.6. The molecule has 0 radical (unpaired) electrons. The zero-order valence-electron chi connectivity index (χ0n) is 12.3. The molecule has 1 aromatic carbocycles. The lowest BCUT2D eigenvalue weighted by Gasteiger charge is -2.34. The van der Waals surface area contributed by atoms with E-state index < -0.39 is 0 Å². The van der Waals surface area contributed by atoms with Crippen LogP contribution in [0.25, 0.3) is 0 Å². The van der Waals surface area contributed by atoms with Gasteiger partial charge in [0.05, 0.1) is 5.92 Å². The number of nitrogens with two attached hydrogens (primary N) is 1. The molecule has 1 fully saturated rings. The highest BCUT2D eigenvalue weighted by Crippen LogP contribution is 2.23. The summed E-state index contributed by atoms with van der Waals surface area (Å²) in [5.74, 6) is -0.0986. The summed E-state index contributed by atoms with van der Waals surface area (Å²) in [5, 5.41) is 0. The molecule has 0 spiro atoms. The van der Waals surface area contributed by atoms with Crippen molar-refractivity contribution in [1.29, 1.82) is 0 Å². The molecule has 0 aliphatic carbocycles. The third-order valence-corrected chi connectivity index (χ3v) is 4.20. The second-order valence-corrected chi connectivity index (χ2v) is 5.52. The highest BCUT2D eigenvalue weighted by molar-refractivity contribution is 5.79. The molecule has 1 heterocycles. The standard InChI is InChI=1S/C16H24N2O2/c1-12(15(17)13-6-4-3-5-7-13)16(19)18(2)14-8-10-20-11-9-14/h3-7,12,14-15H,8-11,17H2,1-2H3. The Kier molecular flexibility index (Phi) is 5.15. The maximum Gasteiger partial charge on any atom is 0.227 e. The van der Waals surface area contributed by atoms with E-state index >= 15 is 0 Å². The molecule has 2 rings (SSSR count). The van der Waals surface area contributed by atoms with Crippen LogP contribution in [0.15, 0.2) is 30.3 Å². The van der Waals surface area contributed by atoms with Gasteiger partial charge in [0.15, 0.2) is 0 Å². The van der Waals surface area contributed by atoms with Crippen molar-refractivity contribution in [2.24, 2.45) is 11.7 Å². The topological polar surface area (TPSA) is 55.6 Å². The molecule has 4 nitrogen and oxygen atoms in total. The molecule has 0 saturated carbocycles. The summed E-state index contributed by atoms with van der Waals surface area (Å²) in [4.78, 5) is 14.4. The normalized spacial score (nSPS) is 19.4. The van der Waals surface area contributed by atoms with Gasteiger partial charge < -0.3 is 15.4 Å². The van der Waals surface area contributed by atoms with Gasteiger partial charge in [0.2, 0.25) is 5.91 Å². The van der Waals surface area contributed by atoms with E-state index in [2.05, 4.69) is 0 Å². The first-order valence-electron chi connectivity index (χ1n) is 7.26. The Morgan fingerprint density at radius 3 is 2.50 bits per heavy atom. The number of carbonyl (C=O) groups is 1. The smallest absolute Gasteiger partial charge is 0.227 e. The van der Waals surface area contributed by atoms with Crippen molar-refractivity contribution in [3.05, 3.63) is 35.9 Å². The van der Waals surface area contributed by atoms with Gasteiger partial charge in [-0.2, -0.15) is 0 Å². The van der Waals surface area contributed by atoms with Gasteiger partial charge in [-0.1, -0.05) is 37.3 Å². The monoisotopic (exact) mass is 276 g/mol. The second kappa shape index (κ2) is 6.86. The number of hydrogen-bond acceptors (Lipinski definition) is 3. The Hall–Kier alpha value is -1.39. The number of benzene rings is 1. The Balaban J connectivity index is 2.00. The Bertz CT molecular complexity index is 429. The van der Waals surface area contributed by atoms with Crippen LogP contribution in [0.2, 0.25) is 0 Å². The van der Waals surface area contributed by atoms with Crippen LogP contribution in [0.4, 0.5) is 0 Å². The van der Waals surface area contributed by atoms with Crippen molar-refractivity contribution in [3.8, 4) is 0 Å². The number of carbonyl (C=O) groups excluding carboxylic acids is 1. The molecule has 20 heavy (non-hydrogen) atoms. The zero-order chi connectivity index (χ0) is 14.5. The van der Waals surface area contributed by atoms with Crippen LogP contribution in [0, 0.1) is 5.92 Å². The molecule has 2 atom stereocenters. The highest BCUT2D eigenvalue weighted by Gasteiger charge is 2.29. The number of amides is 1. The van der Waals surface area contributed by atoms with Crippen LogP contribution in [-0.4, -0.2) is 37.1 Å². The van der Waals surface area contributed by atoms with E-state index in [0.717, 1.165) is 31.6 Å². The number of ether oxygens (including phenoxy) is 1. The molecule has 1 aliphatic heterocycles. The number of rotatable bonds is 4. The zero-order valence-corrected chi connectivity index (χ0v) is 12.3. The number of nitrogens with zero attached hydrogens (tertiary/aromatic N) is 1. The minimum atomic E-state index is -0.258. The Labute approximate surface area is 120 Å². The lowest BCUT2D eigenvalue weighted by molar-refractivity contribution is -0.138. The van der Waals surface area contributed by atoms with Gasteiger partial charge >= 0.3 is 0 Å². The fourth-order valence-corrected chi connectivity index (χ4v) is 2.69. The van der Waals surface area contributed by atoms with E-state index in [1.807, 2.05) is 49.2 Å². The molecular formula is C16H24N2O2. The molecule has 0 bridgehead atoms. The quantitative estimate of drug-likeness (QED) is 0.914. The van der Waals surface area contributed by atoms with E-state index in [0.29, 0.717) is 0 Å². The van der Waals surface area contributed by atoms with Crippen LogP contribution in [0.3, 0.4) is 0 Å². The van der Waals surface area contributed by atoms with Crippen LogP contribution in [0.5, 0.6) is 0 Å². The van der Waals surface area contributed by atoms with Crippen LogP contribution in [0.1, 0.15) is 31.4 Å². The van der Waals surface area contributed by atoms with E-state index in [4.69, 9.17) is 10.5 Å². The summed E-state index contributed by atoms with van der Waals surface area (Å²) in [7, 11) is 1.88. The predicted octanol–water partition coefficient (Wildman–Crippen LogP) is 1.96. The van der Waals surface area contributed by atoms with Crippen molar-refractivity contribution in [1.82, 2.24) is 4.90 Å². The first-order valence-corrected chi connectivity index (χ1v) is 7.26. The molecule has 4 heteroatoms. The summed E-state index contributed by atoms with van der Waals surface area (Å²) >= 11 is 0. The summed E-state index contributed by atoms with van der Waals surface area (Å²) in [6.07, 6.45) is 1.82. The lowest BCUT2D eigenvalue weighted by atomic mass is 9.93. The van der Waals surface area contributed by atoms with Gasteiger partial charge in [0.1, 0.15) is 0 Å². The predicted molar refractivity (Wildman–Crippen MR) is 79.1 cm³/mol. The van der Waals surface area contributed by atoms with Crippen molar-refractivity contribution < 1.29 is 9.53 Å². The fourth-order valence-electron chi connectivity index (χ4n) is 2.69. The summed E-state index contributed by atoms with van der Waals surface area (Å²) in [6.45, 7) is 3.39. The van der Waals surface area contributed by atoms with Gasteiger partial charge in [0.25, 0.3) is 0 Å². The van der Waals surface area contributed by atoms with E-state index in [1.54, 1.807) is 0 Å². The molecule has 1 aliphatic rings. The molecular weight excluding hydrogens is 252 g/mol. The molecule has 2 unspecified atom stereocenters. The van der Waals surface area contributed by atoms with Crippen molar-refractivity contribution in [3.63, 3.8) is 0 Å². The first-order chi connectivity index (χ1) is 9.61. The second-order valence-electron chi connectivity index (χ2n) is 5.52. The third kappa shape index (κ3) is 3.38. The molecule has 1 aromatic rings. The largest absolute Gasteiger partial charge is 0.381 e. The molecule has 1 amide bonds. The Morgan fingerprint density at radius 2 is 1.90 bits per heavy atom. The minimum Gasteiger partial charge on any atom is -0.381 e. The van der Waals surface area contributed by atoms with Gasteiger partial charge in [-0.3, -0.25) is 4.79 Å². The van der Waals surface area contributed by atoms with Crippen molar-refractivity contribution in [2.45, 2.75) is 31.8 Å². The van der Waals surface area contributed by atoms with Crippen LogP contribution >= 0.6 is 0 Å².